The molecule has 2 amide bonds. The molecule has 26 heavy (non-hydrogen) atoms. The molecule has 0 saturated carbocycles. The van der Waals surface area contributed by atoms with Gasteiger partial charge in [0, 0.05) is 4.47 Å². The van der Waals surface area contributed by atoms with E-state index in [0.29, 0.717) is 11.5 Å². The smallest absolute Gasteiger partial charge is 0.276 e. The molecule has 0 unspecified atom stereocenters. The van der Waals surface area contributed by atoms with E-state index in [2.05, 4.69) is 32.1 Å². The highest BCUT2D eigenvalue weighted by atomic mass is 79.9. The molecule has 9 heteroatoms. The van der Waals surface area contributed by atoms with Crippen LogP contribution >= 0.6 is 28.1 Å². The Labute approximate surface area is 164 Å². The molecule has 136 valence electrons. The van der Waals surface area contributed by atoms with Gasteiger partial charge in [-0.3, -0.25) is 25.8 Å². The summed E-state index contributed by atoms with van der Waals surface area (Å²) < 4.78 is 11.5. The number of rotatable bonds is 6. The average molecular weight is 438 g/mol. The first-order valence-corrected chi connectivity index (χ1v) is 8.68. The molecule has 7 nitrogen and oxygen atoms in total. The number of carbonyl (C=O) groups is 2. The molecule has 0 fully saturated rings. The zero-order chi connectivity index (χ0) is 18.8. The Kier molecular flexibility index (Phi) is 7.84. The van der Waals surface area contributed by atoms with E-state index in [0.717, 1.165) is 4.47 Å². The van der Waals surface area contributed by atoms with E-state index in [1.54, 1.807) is 48.5 Å². The maximum Gasteiger partial charge on any atom is 0.276 e. The lowest BCUT2D eigenvalue weighted by atomic mass is 10.3. The van der Waals surface area contributed by atoms with Crippen LogP contribution in [0, 0.1) is 0 Å². The molecule has 0 bridgehead atoms. The molecular formula is C17H16BrN3O4S. The van der Waals surface area contributed by atoms with Crippen LogP contribution in [0.1, 0.15) is 0 Å². The lowest BCUT2D eigenvalue weighted by Gasteiger charge is -2.12. The third-order valence-corrected chi connectivity index (χ3v) is 3.60. The highest BCUT2D eigenvalue weighted by molar-refractivity contribution is 9.10. The number of para-hydroxylation sites is 1. The number of thiocarbonyl (C=S) groups is 1. The van der Waals surface area contributed by atoms with Gasteiger partial charge in [0.2, 0.25) is 0 Å². The van der Waals surface area contributed by atoms with Gasteiger partial charge < -0.3 is 9.47 Å². The fourth-order valence-electron chi connectivity index (χ4n) is 1.70. The number of benzene rings is 2. The number of hydrogen-bond acceptors (Lipinski definition) is 5. The second-order valence-electron chi connectivity index (χ2n) is 4.89. The minimum atomic E-state index is -0.458. The fourth-order valence-corrected chi connectivity index (χ4v) is 2.13. The van der Waals surface area contributed by atoms with Crippen molar-refractivity contribution in [2.75, 3.05) is 13.2 Å². The summed E-state index contributed by atoms with van der Waals surface area (Å²) in [5, 5.41) is 2.33. The predicted molar refractivity (Wildman–Crippen MR) is 104 cm³/mol. The Bertz CT molecular complexity index is 756. The van der Waals surface area contributed by atoms with Crippen molar-refractivity contribution in [3.63, 3.8) is 0 Å². The van der Waals surface area contributed by atoms with Crippen molar-refractivity contribution in [1.82, 2.24) is 16.2 Å². The summed E-state index contributed by atoms with van der Waals surface area (Å²) in [5.74, 6) is 0.217. The first-order chi connectivity index (χ1) is 12.5. The monoisotopic (exact) mass is 437 g/mol. The van der Waals surface area contributed by atoms with Gasteiger partial charge in [-0.1, -0.05) is 34.1 Å². The number of carbonyl (C=O) groups excluding carboxylic acids is 2. The van der Waals surface area contributed by atoms with Gasteiger partial charge in [-0.05, 0) is 48.6 Å². The van der Waals surface area contributed by atoms with Crippen LogP contribution in [0.4, 0.5) is 0 Å². The van der Waals surface area contributed by atoms with Crippen molar-refractivity contribution in [3.8, 4) is 11.5 Å². The number of halogens is 1. The lowest BCUT2D eigenvalue weighted by molar-refractivity contribution is -0.124. The molecule has 0 atom stereocenters. The summed E-state index contributed by atoms with van der Waals surface area (Å²) >= 11 is 8.22. The number of hydrogen-bond donors (Lipinski definition) is 3. The van der Waals surface area contributed by atoms with Gasteiger partial charge >= 0.3 is 0 Å². The zero-order valence-corrected chi connectivity index (χ0v) is 15.9. The number of amides is 2. The van der Waals surface area contributed by atoms with Crippen molar-refractivity contribution < 1.29 is 19.1 Å². The largest absolute Gasteiger partial charge is 0.484 e. The maximum absolute atomic E-state index is 11.7. The summed E-state index contributed by atoms with van der Waals surface area (Å²) in [6.07, 6.45) is 0. The van der Waals surface area contributed by atoms with Gasteiger partial charge in [-0.15, -0.1) is 0 Å². The minimum absolute atomic E-state index is 0.0533. The van der Waals surface area contributed by atoms with Crippen molar-refractivity contribution in [1.29, 1.82) is 0 Å². The molecule has 0 heterocycles. The molecule has 0 aliphatic carbocycles. The molecule has 0 spiro atoms. The molecule has 2 rings (SSSR count). The van der Waals surface area contributed by atoms with Gasteiger partial charge in [-0.2, -0.15) is 0 Å². The van der Waals surface area contributed by atoms with E-state index in [9.17, 15) is 9.59 Å². The molecular weight excluding hydrogens is 422 g/mol. The normalized spacial score (nSPS) is 9.73. The summed E-state index contributed by atoms with van der Waals surface area (Å²) in [6.45, 7) is -0.408. The second-order valence-corrected chi connectivity index (χ2v) is 6.22. The topological polar surface area (TPSA) is 88.7 Å². The molecule has 2 aromatic rings. The Hall–Kier alpha value is -2.65. The average Bonchev–Trinajstić information content (AvgIpc) is 2.65. The third-order valence-electron chi connectivity index (χ3n) is 2.87. The Morgan fingerprint density at radius 2 is 1.42 bits per heavy atom. The summed E-state index contributed by atoms with van der Waals surface area (Å²) in [6, 6.07) is 15.9. The van der Waals surface area contributed by atoms with E-state index >= 15 is 0 Å². The van der Waals surface area contributed by atoms with Crippen LogP contribution in [0.3, 0.4) is 0 Å². The van der Waals surface area contributed by atoms with Crippen LogP contribution in [0.25, 0.3) is 0 Å². The maximum atomic E-state index is 11.7. The number of hydrazine groups is 1. The van der Waals surface area contributed by atoms with E-state index < -0.39 is 11.8 Å². The minimum Gasteiger partial charge on any atom is -0.484 e. The number of nitrogens with one attached hydrogen (secondary N) is 3. The van der Waals surface area contributed by atoms with E-state index in [-0.39, 0.29) is 18.3 Å². The molecule has 2 aromatic carbocycles. The standard InChI is InChI=1S/C17H16BrN3O4S/c18-12-6-8-14(9-7-12)24-10-15(22)19-17(26)21-20-16(23)11-25-13-4-2-1-3-5-13/h1-9H,10-11H2,(H,20,23)(H2,19,21,22,26). The SMILES string of the molecule is O=C(COc1ccccc1)NNC(=S)NC(=O)COc1ccc(Br)cc1. The summed E-state index contributed by atoms with van der Waals surface area (Å²) in [7, 11) is 0. The highest BCUT2D eigenvalue weighted by Crippen LogP contribution is 2.15. The van der Waals surface area contributed by atoms with Gasteiger partial charge in [0.25, 0.3) is 11.8 Å². The molecule has 0 aromatic heterocycles. The van der Waals surface area contributed by atoms with Crippen molar-refractivity contribution in [2.24, 2.45) is 0 Å². The van der Waals surface area contributed by atoms with Crippen LogP contribution in [-0.2, 0) is 9.59 Å². The van der Waals surface area contributed by atoms with E-state index in [1.807, 2.05) is 6.07 Å². The fraction of sp³-hybridized carbons (Fsp3) is 0.118. The predicted octanol–water partition coefficient (Wildman–Crippen LogP) is 1.93. The summed E-state index contributed by atoms with van der Waals surface area (Å²) in [5.41, 5.74) is 4.74. The Morgan fingerprint density at radius 3 is 2.08 bits per heavy atom. The zero-order valence-electron chi connectivity index (χ0n) is 13.5. The van der Waals surface area contributed by atoms with E-state index in [1.165, 1.54) is 0 Å². The van der Waals surface area contributed by atoms with Crippen molar-refractivity contribution in [2.45, 2.75) is 0 Å². The Balaban J connectivity index is 1.62. The van der Waals surface area contributed by atoms with Gasteiger partial charge in [0.05, 0.1) is 0 Å². The molecule has 3 N–H and O–H groups in total. The van der Waals surface area contributed by atoms with E-state index in [4.69, 9.17) is 21.7 Å². The van der Waals surface area contributed by atoms with Crippen molar-refractivity contribution in [3.05, 3.63) is 59.1 Å². The van der Waals surface area contributed by atoms with Gasteiger partial charge in [0.15, 0.2) is 18.3 Å². The first-order valence-electron chi connectivity index (χ1n) is 7.48. The highest BCUT2D eigenvalue weighted by Gasteiger charge is 2.07. The number of ether oxygens (including phenoxy) is 2. The van der Waals surface area contributed by atoms with Crippen LogP contribution in [0.5, 0.6) is 11.5 Å². The van der Waals surface area contributed by atoms with Gasteiger partial charge in [-0.25, -0.2) is 0 Å². The van der Waals surface area contributed by atoms with Crippen LogP contribution in [0.2, 0.25) is 0 Å². The first kappa shape index (κ1) is 19.7. The van der Waals surface area contributed by atoms with Crippen molar-refractivity contribution >= 4 is 45.1 Å². The molecule has 0 aliphatic rings. The quantitative estimate of drug-likeness (QED) is 0.472. The summed E-state index contributed by atoms with van der Waals surface area (Å²) in [4.78, 5) is 23.4. The van der Waals surface area contributed by atoms with Crippen LogP contribution in [-0.4, -0.2) is 30.1 Å². The van der Waals surface area contributed by atoms with Crippen LogP contribution < -0.4 is 25.6 Å². The lowest BCUT2D eigenvalue weighted by Crippen LogP contribution is -2.50. The van der Waals surface area contributed by atoms with Crippen LogP contribution in [0.15, 0.2) is 59.1 Å². The second kappa shape index (κ2) is 10.4. The molecule has 0 aliphatic heterocycles. The van der Waals surface area contributed by atoms with Gasteiger partial charge in [0.1, 0.15) is 11.5 Å². The third kappa shape index (κ3) is 7.49. The Morgan fingerprint density at radius 1 is 0.846 bits per heavy atom. The molecule has 0 radical (unpaired) electrons. The molecule has 0 saturated heterocycles.